The topological polar surface area (TPSA) is 56.8 Å². The summed E-state index contributed by atoms with van der Waals surface area (Å²) >= 11 is 0. The third kappa shape index (κ3) is 4.37. The SMILES string of the molecule is COc1cc(CCNC(=O)c2ccc(F)c(F)c2)c(OC)c(OC)c1. The number of benzene rings is 2. The molecule has 134 valence electrons. The first-order valence-electron chi connectivity index (χ1n) is 7.52. The Morgan fingerprint density at radius 1 is 1.00 bits per heavy atom. The lowest BCUT2D eigenvalue weighted by Gasteiger charge is -2.15. The lowest BCUT2D eigenvalue weighted by Crippen LogP contribution is -2.26. The van der Waals surface area contributed by atoms with Gasteiger partial charge in [-0.05, 0) is 30.7 Å². The molecule has 0 aliphatic heterocycles. The van der Waals surface area contributed by atoms with E-state index < -0.39 is 17.5 Å². The Kier molecular flexibility index (Phi) is 6.16. The van der Waals surface area contributed by atoms with Crippen molar-refractivity contribution in [3.05, 3.63) is 53.1 Å². The van der Waals surface area contributed by atoms with E-state index in [1.165, 1.54) is 27.4 Å². The lowest BCUT2D eigenvalue weighted by molar-refractivity contribution is 0.0953. The lowest BCUT2D eigenvalue weighted by atomic mass is 10.1. The minimum Gasteiger partial charge on any atom is -0.497 e. The number of carbonyl (C=O) groups is 1. The molecule has 0 saturated carbocycles. The summed E-state index contributed by atoms with van der Waals surface area (Å²) in [4.78, 5) is 12.0. The van der Waals surface area contributed by atoms with Gasteiger partial charge in [-0.25, -0.2) is 8.78 Å². The number of methoxy groups -OCH3 is 3. The van der Waals surface area contributed by atoms with Crippen LogP contribution in [0.15, 0.2) is 30.3 Å². The minimum absolute atomic E-state index is 0.0501. The average molecular weight is 351 g/mol. The van der Waals surface area contributed by atoms with Crippen molar-refractivity contribution in [1.29, 1.82) is 0 Å². The van der Waals surface area contributed by atoms with Crippen molar-refractivity contribution < 1.29 is 27.8 Å². The molecule has 1 amide bonds. The Morgan fingerprint density at radius 3 is 2.36 bits per heavy atom. The van der Waals surface area contributed by atoms with E-state index in [1.54, 1.807) is 12.1 Å². The van der Waals surface area contributed by atoms with Gasteiger partial charge < -0.3 is 19.5 Å². The van der Waals surface area contributed by atoms with Gasteiger partial charge in [0.2, 0.25) is 0 Å². The molecule has 0 atom stereocenters. The fourth-order valence-corrected chi connectivity index (χ4v) is 2.37. The van der Waals surface area contributed by atoms with E-state index in [2.05, 4.69) is 5.32 Å². The molecule has 2 aromatic rings. The van der Waals surface area contributed by atoms with E-state index in [1.807, 2.05) is 0 Å². The fraction of sp³-hybridized carbons (Fsp3) is 0.278. The number of amides is 1. The summed E-state index contributed by atoms with van der Waals surface area (Å²) in [6, 6.07) is 6.48. The Labute approximate surface area is 144 Å². The monoisotopic (exact) mass is 351 g/mol. The minimum atomic E-state index is -1.06. The Bertz CT molecular complexity index is 765. The predicted octanol–water partition coefficient (Wildman–Crippen LogP) is 2.96. The van der Waals surface area contributed by atoms with Gasteiger partial charge in [0.1, 0.15) is 5.75 Å². The van der Waals surface area contributed by atoms with E-state index in [-0.39, 0.29) is 12.1 Å². The summed E-state index contributed by atoms with van der Waals surface area (Å²) in [5.74, 6) is -0.891. The van der Waals surface area contributed by atoms with Gasteiger partial charge in [0.05, 0.1) is 21.3 Å². The molecule has 5 nitrogen and oxygen atoms in total. The first kappa shape index (κ1) is 18.5. The molecule has 25 heavy (non-hydrogen) atoms. The number of hydrogen-bond donors (Lipinski definition) is 1. The van der Waals surface area contributed by atoms with Gasteiger partial charge in [0, 0.05) is 23.7 Å². The van der Waals surface area contributed by atoms with Gasteiger partial charge in [0.15, 0.2) is 23.1 Å². The fourth-order valence-electron chi connectivity index (χ4n) is 2.37. The largest absolute Gasteiger partial charge is 0.497 e. The average Bonchev–Trinajstić information content (AvgIpc) is 2.62. The molecule has 2 aromatic carbocycles. The van der Waals surface area contributed by atoms with Gasteiger partial charge in [-0.1, -0.05) is 0 Å². The van der Waals surface area contributed by atoms with E-state index in [0.717, 1.165) is 17.7 Å². The van der Waals surface area contributed by atoms with E-state index in [4.69, 9.17) is 14.2 Å². The molecule has 0 radical (unpaired) electrons. The molecule has 1 N–H and O–H groups in total. The van der Waals surface area contributed by atoms with Crippen LogP contribution in [0.5, 0.6) is 17.2 Å². The molecule has 0 bridgehead atoms. The van der Waals surface area contributed by atoms with Gasteiger partial charge in [0.25, 0.3) is 5.91 Å². The van der Waals surface area contributed by atoms with Crippen molar-refractivity contribution in [2.24, 2.45) is 0 Å². The smallest absolute Gasteiger partial charge is 0.251 e. The van der Waals surface area contributed by atoms with E-state index in [0.29, 0.717) is 23.7 Å². The van der Waals surface area contributed by atoms with Crippen LogP contribution in [0.1, 0.15) is 15.9 Å². The molecule has 0 aliphatic rings. The summed E-state index contributed by atoms with van der Waals surface area (Å²) in [5, 5.41) is 2.66. The van der Waals surface area contributed by atoms with E-state index in [9.17, 15) is 13.6 Å². The molecule has 0 fully saturated rings. The van der Waals surface area contributed by atoms with E-state index >= 15 is 0 Å². The maximum Gasteiger partial charge on any atom is 0.251 e. The number of ether oxygens (including phenoxy) is 3. The van der Waals surface area contributed by atoms with Crippen LogP contribution in [0, 0.1) is 11.6 Å². The van der Waals surface area contributed by atoms with Crippen LogP contribution >= 0.6 is 0 Å². The van der Waals surface area contributed by atoms with Crippen molar-refractivity contribution in [3.63, 3.8) is 0 Å². The zero-order valence-corrected chi connectivity index (χ0v) is 14.2. The summed E-state index contributed by atoms with van der Waals surface area (Å²) in [5.41, 5.74) is 0.832. The van der Waals surface area contributed by atoms with Crippen LogP contribution < -0.4 is 19.5 Å². The van der Waals surface area contributed by atoms with Gasteiger partial charge in [-0.3, -0.25) is 4.79 Å². The van der Waals surface area contributed by atoms with Crippen LogP contribution in [0.25, 0.3) is 0 Å². The highest BCUT2D eigenvalue weighted by molar-refractivity contribution is 5.94. The number of hydrogen-bond acceptors (Lipinski definition) is 4. The van der Waals surface area contributed by atoms with Crippen molar-refractivity contribution in [1.82, 2.24) is 5.32 Å². The summed E-state index contributed by atoms with van der Waals surface area (Å²) in [6.45, 7) is 0.268. The van der Waals surface area contributed by atoms with Crippen LogP contribution in [0.3, 0.4) is 0 Å². The van der Waals surface area contributed by atoms with Crippen molar-refractivity contribution in [2.45, 2.75) is 6.42 Å². The summed E-state index contributed by atoms with van der Waals surface area (Å²) in [6.07, 6.45) is 0.437. The quantitative estimate of drug-likeness (QED) is 0.833. The first-order chi connectivity index (χ1) is 12.0. The highest BCUT2D eigenvalue weighted by Crippen LogP contribution is 2.35. The number of halogens is 2. The standard InChI is InChI=1S/C18H19F2NO4/c1-23-13-8-11(17(25-3)16(10-13)24-2)6-7-21-18(22)12-4-5-14(19)15(20)9-12/h4-5,8-10H,6-7H2,1-3H3,(H,21,22). The third-order valence-electron chi connectivity index (χ3n) is 3.63. The number of rotatable bonds is 7. The van der Waals surface area contributed by atoms with Gasteiger partial charge in [-0.15, -0.1) is 0 Å². The van der Waals surface area contributed by atoms with Crippen LogP contribution in [0.4, 0.5) is 8.78 Å². The molecule has 0 spiro atoms. The number of nitrogens with one attached hydrogen (secondary N) is 1. The van der Waals surface area contributed by atoms with Crippen molar-refractivity contribution >= 4 is 5.91 Å². The maximum atomic E-state index is 13.2. The molecular weight excluding hydrogens is 332 g/mol. The normalized spacial score (nSPS) is 10.3. The number of carbonyl (C=O) groups excluding carboxylic acids is 1. The van der Waals surface area contributed by atoms with Crippen LogP contribution in [0.2, 0.25) is 0 Å². The Hall–Kier alpha value is -2.83. The zero-order valence-electron chi connectivity index (χ0n) is 14.2. The molecule has 0 saturated heterocycles. The van der Waals surface area contributed by atoms with Crippen LogP contribution in [-0.4, -0.2) is 33.8 Å². The molecule has 7 heteroatoms. The Morgan fingerprint density at radius 2 is 1.76 bits per heavy atom. The van der Waals surface area contributed by atoms with Crippen LogP contribution in [-0.2, 0) is 6.42 Å². The third-order valence-corrected chi connectivity index (χ3v) is 3.63. The molecule has 0 heterocycles. The second-order valence-corrected chi connectivity index (χ2v) is 5.16. The first-order valence-corrected chi connectivity index (χ1v) is 7.52. The summed E-state index contributed by atoms with van der Waals surface area (Å²) in [7, 11) is 4.58. The summed E-state index contributed by atoms with van der Waals surface area (Å²) < 4.78 is 42.0. The highest BCUT2D eigenvalue weighted by atomic mass is 19.2. The molecule has 0 aliphatic carbocycles. The van der Waals surface area contributed by atoms with Gasteiger partial charge in [-0.2, -0.15) is 0 Å². The molecule has 2 rings (SSSR count). The van der Waals surface area contributed by atoms with Crippen molar-refractivity contribution in [2.75, 3.05) is 27.9 Å². The predicted molar refractivity (Wildman–Crippen MR) is 88.5 cm³/mol. The van der Waals surface area contributed by atoms with Gasteiger partial charge >= 0.3 is 0 Å². The second kappa shape index (κ2) is 8.32. The zero-order chi connectivity index (χ0) is 18.4. The second-order valence-electron chi connectivity index (χ2n) is 5.16. The maximum absolute atomic E-state index is 13.2. The van der Waals surface area contributed by atoms with Crippen molar-refractivity contribution in [3.8, 4) is 17.2 Å². The molecule has 0 unspecified atom stereocenters. The Balaban J connectivity index is 2.08. The molecular formula is C18H19F2NO4. The molecule has 0 aromatic heterocycles. The highest BCUT2D eigenvalue weighted by Gasteiger charge is 2.14.